The molecule has 2 aromatic rings. The molecule has 0 aliphatic carbocycles. The maximum Gasteiger partial charge on any atom is 0.308 e. The predicted octanol–water partition coefficient (Wildman–Crippen LogP) is 2.74. The van der Waals surface area contributed by atoms with E-state index >= 15 is 0 Å². The second-order valence-electron chi connectivity index (χ2n) is 5.31. The molecule has 0 aromatic heterocycles. The van der Waals surface area contributed by atoms with E-state index in [1.54, 1.807) is 0 Å². The first-order valence-electron chi connectivity index (χ1n) is 7.73. The third-order valence-corrected chi connectivity index (χ3v) is 3.33. The number of esters is 1. The van der Waals surface area contributed by atoms with Gasteiger partial charge in [-0.3, -0.25) is 4.79 Å². The Morgan fingerprint density at radius 3 is 2.22 bits per heavy atom. The van der Waals surface area contributed by atoms with Gasteiger partial charge in [0.05, 0.1) is 25.7 Å². The molecule has 0 aliphatic rings. The van der Waals surface area contributed by atoms with Crippen LogP contribution in [0.25, 0.3) is 0 Å². The second kappa shape index (κ2) is 9.77. The van der Waals surface area contributed by atoms with Crippen LogP contribution in [-0.4, -0.2) is 30.4 Å². The zero-order valence-electron chi connectivity index (χ0n) is 13.1. The molecule has 2 aromatic carbocycles. The zero-order valence-corrected chi connectivity index (χ0v) is 13.1. The number of aliphatic hydroxyl groups excluding tert-OH is 1. The molecule has 0 radical (unpaired) electrons. The Morgan fingerprint density at radius 2 is 1.57 bits per heavy atom. The van der Waals surface area contributed by atoms with Crippen molar-refractivity contribution in [1.29, 1.82) is 0 Å². The van der Waals surface area contributed by atoms with Gasteiger partial charge in [-0.1, -0.05) is 60.7 Å². The van der Waals surface area contributed by atoms with E-state index in [1.807, 2.05) is 60.7 Å². The van der Waals surface area contributed by atoms with Crippen LogP contribution >= 0.6 is 0 Å². The van der Waals surface area contributed by atoms with Gasteiger partial charge in [0.15, 0.2) is 0 Å². The monoisotopic (exact) mass is 314 g/mol. The molecule has 23 heavy (non-hydrogen) atoms. The summed E-state index contributed by atoms with van der Waals surface area (Å²) in [5.41, 5.74) is 2.11. The maximum atomic E-state index is 11.6. The van der Waals surface area contributed by atoms with E-state index in [-0.39, 0.29) is 19.6 Å². The highest BCUT2D eigenvalue weighted by molar-refractivity contribution is 5.69. The Kier molecular flexibility index (Phi) is 7.30. The molecule has 0 aliphatic heterocycles. The molecule has 0 saturated heterocycles. The smallest absolute Gasteiger partial charge is 0.308 e. The molecule has 0 saturated carbocycles. The maximum absolute atomic E-state index is 11.6. The molecule has 2 rings (SSSR count). The average molecular weight is 314 g/mol. The van der Waals surface area contributed by atoms with Crippen molar-refractivity contribution < 1.29 is 19.4 Å². The number of aliphatic hydroxyl groups is 1. The van der Waals surface area contributed by atoms with Crippen molar-refractivity contribution in [2.45, 2.75) is 25.6 Å². The number of benzene rings is 2. The van der Waals surface area contributed by atoms with Crippen LogP contribution in [0, 0.1) is 0 Å². The van der Waals surface area contributed by atoms with Crippen LogP contribution < -0.4 is 0 Å². The van der Waals surface area contributed by atoms with Gasteiger partial charge in [0.1, 0.15) is 6.61 Å². The van der Waals surface area contributed by atoms with Crippen molar-refractivity contribution in [3.63, 3.8) is 0 Å². The highest BCUT2D eigenvalue weighted by Gasteiger charge is 2.12. The number of carbonyl (C=O) groups excluding carboxylic acids is 1. The summed E-state index contributed by atoms with van der Waals surface area (Å²) in [4.78, 5) is 11.6. The lowest BCUT2D eigenvalue weighted by molar-refractivity contribution is -0.148. The molecule has 0 unspecified atom stereocenters. The fourth-order valence-corrected chi connectivity index (χ4v) is 2.10. The van der Waals surface area contributed by atoms with Crippen molar-refractivity contribution in [2.24, 2.45) is 0 Å². The number of hydrogen-bond donors (Lipinski definition) is 1. The van der Waals surface area contributed by atoms with E-state index in [0.29, 0.717) is 6.61 Å². The van der Waals surface area contributed by atoms with Crippen LogP contribution in [-0.2, 0) is 27.3 Å². The van der Waals surface area contributed by atoms with E-state index in [0.717, 1.165) is 12.0 Å². The highest BCUT2D eigenvalue weighted by Crippen LogP contribution is 2.04. The average Bonchev–Trinajstić information content (AvgIpc) is 2.59. The molecule has 122 valence electrons. The van der Waals surface area contributed by atoms with E-state index < -0.39 is 12.1 Å². The Balaban J connectivity index is 1.57. The summed E-state index contributed by atoms with van der Waals surface area (Å²) in [6.45, 7) is 0.870. The Bertz CT molecular complexity index is 568. The molecule has 0 fully saturated rings. The predicted molar refractivity (Wildman–Crippen MR) is 87.8 cm³/mol. The van der Waals surface area contributed by atoms with Crippen molar-refractivity contribution in [1.82, 2.24) is 0 Å². The van der Waals surface area contributed by atoms with Crippen molar-refractivity contribution >= 4 is 5.97 Å². The second-order valence-corrected chi connectivity index (χ2v) is 5.31. The van der Waals surface area contributed by atoms with Crippen molar-refractivity contribution in [3.05, 3.63) is 71.8 Å². The largest absolute Gasteiger partial charge is 0.461 e. The van der Waals surface area contributed by atoms with Crippen LogP contribution in [0.3, 0.4) is 0 Å². The lowest BCUT2D eigenvalue weighted by Gasteiger charge is -2.11. The van der Waals surface area contributed by atoms with Gasteiger partial charge in [-0.25, -0.2) is 0 Å². The molecule has 1 atom stereocenters. The van der Waals surface area contributed by atoms with E-state index in [9.17, 15) is 9.90 Å². The van der Waals surface area contributed by atoms with Gasteiger partial charge in [-0.15, -0.1) is 0 Å². The molecule has 0 amide bonds. The molecular formula is C19H22O4. The minimum atomic E-state index is -0.839. The lowest BCUT2D eigenvalue weighted by atomic mass is 10.2. The van der Waals surface area contributed by atoms with E-state index in [2.05, 4.69) is 0 Å². The standard InChI is InChI=1S/C19H22O4/c20-18(15-22-12-11-16-7-3-1-4-8-16)13-19(21)23-14-17-9-5-2-6-10-17/h1-10,18,20H,11-15H2/t18-/m1/s1. The first-order valence-corrected chi connectivity index (χ1v) is 7.73. The van der Waals surface area contributed by atoms with Crippen LogP contribution in [0.2, 0.25) is 0 Å². The number of ether oxygens (including phenoxy) is 2. The summed E-state index contributed by atoms with van der Waals surface area (Å²) >= 11 is 0. The molecule has 1 N–H and O–H groups in total. The molecular weight excluding hydrogens is 292 g/mol. The first-order chi connectivity index (χ1) is 11.2. The Morgan fingerprint density at radius 1 is 0.957 bits per heavy atom. The summed E-state index contributed by atoms with van der Waals surface area (Å²) in [7, 11) is 0. The Labute approximate surface area is 136 Å². The number of carbonyl (C=O) groups is 1. The van der Waals surface area contributed by atoms with Gasteiger partial charge >= 0.3 is 5.97 Å². The topological polar surface area (TPSA) is 55.8 Å². The van der Waals surface area contributed by atoms with Crippen LogP contribution in [0.15, 0.2) is 60.7 Å². The molecule has 0 spiro atoms. The molecule has 4 heteroatoms. The third kappa shape index (κ3) is 7.08. The number of hydrogen-bond acceptors (Lipinski definition) is 4. The highest BCUT2D eigenvalue weighted by atomic mass is 16.5. The van der Waals surface area contributed by atoms with Crippen LogP contribution in [0.4, 0.5) is 0 Å². The van der Waals surface area contributed by atoms with Crippen LogP contribution in [0.1, 0.15) is 17.5 Å². The summed E-state index contributed by atoms with van der Waals surface area (Å²) in [6, 6.07) is 19.4. The summed E-state index contributed by atoms with van der Waals surface area (Å²) in [5.74, 6) is -0.423. The molecule has 0 heterocycles. The fraction of sp³-hybridized carbons (Fsp3) is 0.316. The SMILES string of the molecule is O=C(C[C@@H](O)COCCc1ccccc1)OCc1ccccc1. The first kappa shape index (κ1) is 17.2. The van der Waals surface area contributed by atoms with Crippen molar-refractivity contribution in [2.75, 3.05) is 13.2 Å². The summed E-state index contributed by atoms with van der Waals surface area (Å²) in [5, 5.41) is 9.79. The molecule has 0 bridgehead atoms. The van der Waals surface area contributed by atoms with Gasteiger partial charge < -0.3 is 14.6 Å². The minimum Gasteiger partial charge on any atom is -0.461 e. The summed E-state index contributed by atoms with van der Waals surface area (Å²) < 4.78 is 10.5. The number of rotatable bonds is 9. The summed E-state index contributed by atoms with van der Waals surface area (Å²) in [6.07, 6.45) is -0.112. The quantitative estimate of drug-likeness (QED) is 0.571. The van der Waals surface area contributed by atoms with E-state index in [1.165, 1.54) is 5.56 Å². The Hall–Kier alpha value is -2.17. The molecule has 4 nitrogen and oxygen atoms in total. The van der Waals surface area contributed by atoms with Crippen molar-refractivity contribution in [3.8, 4) is 0 Å². The van der Waals surface area contributed by atoms with Gasteiger partial charge in [-0.05, 0) is 17.5 Å². The van der Waals surface area contributed by atoms with Gasteiger partial charge in [0.25, 0.3) is 0 Å². The van der Waals surface area contributed by atoms with Gasteiger partial charge in [0.2, 0.25) is 0 Å². The normalized spacial score (nSPS) is 11.9. The minimum absolute atomic E-state index is 0.0574. The third-order valence-electron chi connectivity index (χ3n) is 3.33. The lowest BCUT2D eigenvalue weighted by Crippen LogP contribution is -2.21. The van der Waals surface area contributed by atoms with Crippen LogP contribution in [0.5, 0.6) is 0 Å². The van der Waals surface area contributed by atoms with Gasteiger partial charge in [-0.2, -0.15) is 0 Å². The van der Waals surface area contributed by atoms with E-state index in [4.69, 9.17) is 9.47 Å². The van der Waals surface area contributed by atoms with Gasteiger partial charge in [0, 0.05) is 0 Å². The zero-order chi connectivity index (χ0) is 16.3. The fourth-order valence-electron chi connectivity index (χ4n) is 2.10.